The second-order valence-electron chi connectivity index (χ2n) is 7.99. The third-order valence-electron chi connectivity index (χ3n) is 5.88. The number of pyridine rings is 1. The van der Waals surface area contributed by atoms with E-state index in [0.29, 0.717) is 5.56 Å². The van der Waals surface area contributed by atoms with Gasteiger partial charge in [0.25, 0.3) is 5.91 Å². The highest BCUT2D eigenvalue weighted by atomic mass is 32.1. The number of carbonyl (C=O) groups excluding carboxylic acids is 1. The number of aryl methyl sites for hydroxylation is 2. The molecule has 0 aliphatic carbocycles. The van der Waals surface area contributed by atoms with Gasteiger partial charge in [0.2, 0.25) is 0 Å². The number of rotatable bonds is 4. The van der Waals surface area contributed by atoms with E-state index in [1.54, 1.807) is 16.0 Å². The zero-order valence-electron chi connectivity index (χ0n) is 17.8. The normalized spacial score (nSPS) is 15.0. The highest BCUT2D eigenvalue weighted by Gasteiger charge is 2.26. The lowest BCUT2D eigenvalue weighted by molar-refractivity contribution is 0.0630. The number of nitrogens with zero attached hydrogens (tertiary/aromatic N) is 5. The molecule has 0 bridgehead atoms. The summed E-state index contributed by atoms with van der Waals surface area (Å²) in [6, 6.07) is 16.5. The van der Waals surface area contributed by atoms with Gasteiger partial charge in [0.1, 0.15) is 0 Å². The Balaban J connectivity index is 1.41. The van der Waals surface area contributed by atoms with E-state index in [9.17, 15) is 4.79 Å². The van der Waals surface area contributed by atoms with Crippen molar-refractivity contribution < 1.29 is 4.79 Å². The second kappa shape index (κ2) is 8.24. The number of aromatic nitrogens is 3. The van der Waals surface area contributed by atoms with Crippen LogP contribution in [0.3, 0.4) is 0 Å². The lowest BCUT2D eigenvalue weighted by Crippen LogP contribution is -2.48. The Bertz CT molecular complexity index is 1210. The first-order valence-corrected chi connectivity index (χ1v) is 11.4. The van der Waals surface area contributed by atoms with E-state index in [-0.39, 0.29) is 5.91 Å². The van der Waals surface area contributed by atoms with Crippen LogP contribution in [0, 0.1) is 6.92 Å². The Morgan fingerprint density at radius 2 is 1.84 bits per heavy atom. The largest absolute Gasteiger partial charge is 0.336 e. The minimum Gasteiger partial charge on any atom is -0.336 e. The van der Waals surface area contributed by atoms with Crippen molar-refractivity contribution in [2.75, 3.05) is 26.2 Å². The molecule has 4 aromatic rings. The van der Waals surface area contributed by atoms with Gasteiger partial charge in [-0.15, -0.1) is 11.3 Å². The van der Waals surface area contributed by atoms with Crippen molar-refractivity contribution in [3.8, 4) is 10.6 Å². The summed E-state index contributed by atoms with van der Waals surface area (Å²) < 4.78 is 1.77. The number of thiophene rings is 1. The van der Waals surface area contributed by atoms with E-state index < -0.39 is 0 Å². The van der Waals surface area contributed by atoms with Crippen LogP contribution in [0.15, 0.2) is 53.9 Å². The maximum absolute atomic E-state index is 13.6. The molecule has 0 radical (unpaired) electrons. The smallest absolute Gasteiger partial charge is 0.254 e. The summed E-state index contributed by atoms with van der Waals surface area (Å²) >= 11 is 1.63. The van der Waals surface area contributed by atoms with E-state index in [1.807, 2.05) is 48.5 Å². The van der Waals surface area contributed by atoms with Crippen LogP contribution in [0.4, 0.5) is 0 Å². The van der Waals surface area contributed by atoms with E-state index in [0.717, 1.165) is 60.0 Å². The summed E-state index contributed by atoms with van der Waals surface area (Å²) in [5, 5.41) is 7.43. The predicted octanol–water partition coefficient (Wildman–Crippen LogP) is 3.96. The SMILES string of the molecule is Cc1nn(C)c2nc(-c3cccs3)cc(C(=O)N3CCN(Cc4ccccc4)CC3)c12. The van der Waals surface area contributed by atoms with Gasteiger partial charge >= 0.3 is 0 Å². The Kier molecular flexibility index (Phi) is 5.29. The molecule has 4 heterocycles. The summed E-state index contributed by atoms with van der Waals surface area (Å²) in [5.74, 6) is 0.0701. The third kappa shape index (κ3) is 3.86. The quantitative estimate of drug-likeness (QED) is 0.491. The highest BCUT2D eigenvalue weighted by Crippen LogP contribution is 2.30. The number of carbonyl (C=O) groups is 1. The standard InChI is InChI=1S/C24H25N5OS/c1-17-22-19(15-20(21-9-6-14-31-21)25-23(22)27(2)26-17)24(30)29-12-10-28(11-13-29)16-18-7-4-3-5-8-18/h3-9,14-15H,10-13,16H2,1-2H3. The summed E-state index contributed by atoms with van der Waals surface area (Å²) in [5.41, 5.74) is 4.44. The van der Waals surface area contributed by atoms with Crippen molar-refractivity contribution in [1.29, 1.82) is 0 Å². The number of hydrogen-bond donors (Lipinski definition) is 0. The number of piperazine rings is 1. The van der Waals surface area contributed by atoms with Crippen molar-refractivity contribution in [2.45, 2.75) is 13.5 Å². The van der Waals surface area contributed by atoms with E-state index in [1.165, 1.54) is 5.56 Å². The van der Waals surface area contributed by atoms with Gasteiger partial charge < -0.3 is 4.90 Å². The van der Waals surface area contributed by atoms with Crippen LogP contribution < -0.4 is 0 Å². The molecule has 1 aromatic carbocycles. The van der Waals surface area contributed by atoms with Gasteiger partial charge in [-0.3, -0.25) is 14.4 Å². The molecule has 1 saturated heterocycles. The number of hydrogen-bond acceptors (Lipinski definition) is 5. The van der Waals surface area contributed by atoms with Gasteiger partial charge in [-0.05, 0) is 30.0 Å². The molecule has 6 nitrogen and oxygen atoms in total. The Labute approximate surface area is 185 Å². The molecule has 5 rings (SSSR count). The average Bonchev–Trinajstić information content (AvgIpc) is 3.43. The lowest BCUT2D eigenvalue weighted by atomic mass is 10.1. The molecule has 158 valence electrons. The van der Waals surface area contributed by atoms with Crippen molar-refractivity contribution in [2.24, 2.45) is 7.05 Å². The lowest BCUT2D eigenvalue weighted by Gasteiger charge is -2.35. The van der Waals surface area contributed by atoms with Crippen LogP contribution in [0.1, 0.15) is 21.6 Å². The van der Waals surface area contributed by atoms with Crippen LogP contribution in [-0.4, -0.2) is 56.7 Å². The minimum atomic E-state index is 0.0701. The zero-order chi connectivity index (χ0) is 21.4. The van der Waals surface area contributed by atoms with Crippen LogP contribution in [-0.2, 0) is 13.6 Å². The fraction of sp³-hybridized carbons (Fsp3) is 0.292. The summed E-state index contributed by atoms with van der Waals surface area (Å²) in [4.78, 5) is 23.9. The van der Waals surface area contributed by atoms with Gasteiger partial charge in [0.15, 0.2) is 5.65 Å². The molecule has 0 unspecified atom stereocenters. The van der Waals surface area contributed by atoms with Crippen molar-refractivity contribution >= 4 is 28.3 Å². The Morgan fingerprint density at radius 1 is 1.06 bits per heavy atom. The molecule has 1 amide bonds. The van der Waals surface area contributed by atoms with Crippen LogP contribution >= 0.6 is 11.3 Å². The van der Waals surface area contributed by atoms with Crippen LogP contribution in [0.2, 0.25) is 0 Å². The molecule has 1 aliphatic heterocycles. The fourth-order valence-corrected chi connectivity index (χ4v) is 4.97. The molecule has 31 heavy (non-hydrogen) atoms. The van der Waals surface area contributed by atoms with Crippen molar-refractivity contribution in [1.82, 2.24) is 24.6 Å². The number of benzene rings is 1. The van der Waals surface area contributed by atoms with Crippen molar-refractivity contribution in [3.05, 3.63) is 70.7 Å². The molecular formula is C24H25N5OS. The molecule has 0 atom stereocenters. The average molecular weight is 432 g/mol. The molecule has 0 N–H and O–H groups in total. The Hall–Kier alpha value is -3.03. The topological polar surface area (TPSA) is 54.3 Å². The second-order valence-corrected chi connectivity index (χ2v) is 8.94. The van der Waals surface area contributed by atoms with Gasteiger partial charge in [-0.2, -0.15) is 5.10 Å². The Morgan fingerprint density at radius 3 is 2.55 bits per heavy atom. The zero-order valence-corrected chi connectivity index (χ0v) is 18.6. The molecule has 0 saturated carbocycles. The molecule has 0 spiro atoms. The minimum absolute atomic E-state index is 0.0701. The molecule has 3 aromatic heterocycles. The molecule has 1 fully saturated rings. The first kappa shape index (κ1) is 19.9. The molecule has 1 aliphatic rings. The highest BCUT2D eigenvalue weighted by molar-refractivity contribution is 7.13. The maximum Gasteiger partial charge on any atom is 0.254 e. The fourth-order valence-electron chi connectivity index (χ4n) is 4.29. The van der Waals surface area contributed by atoms with Gasteiger partial charge in [0.05, 0.1) is 27.2 Å². The third-order valence-corrected chi connectivity index (χ3v) is 6.77. The first-order chi connectivity index (χ1) is 15.1. The van der Waals surface area contributed by atoms with E-state index in [4.69, 9.17) is 4.98 Å². The summed E-state index contributed by atoms with van der Waals surface area (Å²) in [7, 11) is 1.89. The van der Waals surface area contributed by atoms with Crippen LogP contribution in [0.25, 0.3) is 21.6 Å². The van der Waals surface area contributed by atoms with Gasteiger partial charge in [0, 0.05) is 39.8 Å². The summed E-state index contributed by atoms with van der Waals surface area (Å²) in [6.07, 6.45) is 0. The first-order valence-electron chi connectivity index (χ1n) is 10.5. The van der Waals surface area contributed by atoms with E-state index in [2.05, 4.69) is 34.3 Å². The van der Waals surface area contributed by atoms with E-state index >= 15 is 0 Å². The molecule has 7 heteroatoms. The maximum atomic E-state index is 13.6. The molecular weight excluding hydrogens is 406 g/mol. The van der Waals surface area contributed by atoms with Crippen LogP contribution in [0.5, 0.6) is 0 Å². The van der Waals surface area contributed by atoms with Gasteiger partial charge in [-0.1, -0.05) is 36.4 Å². The summed E-state index contributed by atoms with van der Waals surface area (Å²) in [6.45, 7) is 6.07. The number of fused-ring (bicyclic) bond motifs is 1. The van der Waals surface area contributed by atoms with Gasteiger partial charge in [-0.25, -0.2) is 4.98 Å². The van der Waals surface area contributed by atoms with Crippen molar-refractivity contribution in [3.63, 3.8) is 0 Å². The monoisotopic (exact) mass is 431 g/mol. The number of amides is 1. The predicted molar refractivity (Wildman–Crippen MR) is 124 cm³/mol.